The highest BCUT2D eigenvalue weighted by atomic mass is 16.4. The van der Waals surface area contributed by atoms with Gasteiger partial charge in [0.1, 0.15) is 0 Å². The van der Waals surface area contributed by atoms with Gasteiger partial charge in [-0.1, -0.05) is 25.0 Å². The highest BCUT2D eigenvalue weighted by molar-refractivity contribution is 5.87. The zero-order chi connectivity index (χ0) is 15.5. The van der Waals surface area contributed by atoms with Crippen LogP contribution in [0.3, 0.4) is 0 Å². The van der Waals surface area contributed by atoms with Gasteiger partial charge in [0.25, 0.3) is 0 Å². The molecule has 0 heterocycles. The highest BCUT2D eigenvalue weighted by Crippen LogP contribution is 2.31. The smallest absolute Gasteiger partial charge is 0.335 e. The van der Waals surface area contributed by atoms with E-state index in [-0.39, 0.29) is 17.4 Å². The molecule has 0 aliphatic heterocycles. The summed E-state index contributed by atoms with van der Waals surface area (Å²) in [5.74, 6) is -1.11. The van der Waals surface area contributed by atoms with Crippen molar-refractivity contribution in [3.05, 3.63) is 35.4 Å². The quantitative estimate of drug-likeness (QED) is 0.789. The van der Waals surface area contributed by atoms with Gasteiger partial charge in [-0.25, -0.2) is 4.79 Å². The van der Waals surface area contributed by atoms with Gasteiger partial charge in [0.15, 0.2) is 0 Å². The van der Waals surface area contributed by atoms with Crippen LogP contribution in [0.1, 0.15) is 48.5 Å². The maximum absolute atomic E-state index is 12.3. The van der Waals surface area contributed by atoms with E-state index in [2.05, 4.69) is 5.32 Å². The van der Waals surface area contributed by atoms with Crippen LogP contribution >= 0.6 is 0 Å². The average Bonchev–Trinajstić information content (AvgIpc) is 2.44. The fraction of sp³-hybridized carbons (Fsp3) is 0.500. The lowest BCUT2D eigenvalue weighted by Crippen LogP contribution is -2.52. The summed E-state index contributed by atoms with van der Waals surface area (Å²) in [6.07, 6.45) is 3.82. The molecule has 2 atom stereocenters. The first-order chi connectivity index (χ1) is 9.90. The van der Waals surface area contributed by atoms with Crippen molar-refractivity contribution < 1.29 is 14.7 Å². The Labute approximate surface area is 124 Å². The van der Waals surface area contributed by atoms with E-state index < -0.39 is 11.5 Å². The predicted octanol–water partition coefficient (Wildman–Crippen LogP) is 1.91. The third kappa shape index (κ3) is 3.82. The fourth-order valence-electron chi connectivity index (χ4n) is 2.87. The number of carboxylic acids is 1. The number of amides is 1. The molecular weight excluding hydrogens is 268 g/mol. The molecule has 1 aromatic rings. The summed E-state index contributed by atoms with van der Waals surface area (Å²) in [7, 11) is 0. The minimum Gasteiger partial charge on any atom is -0.478 e. The summed E-state index contributed by atoms with van der Waals surface area (Å²) in [6, 6.07) is 6.51. The van der Waals surface area contributed by atoms with Crippen LogP contribution in [-0.4, -0.2) is 22.5 Å². The number of aromatic carboxylic acids is 1. The first-order valence-electron chi connectivity index (χ1n) is 7.29. The molecule has 0 aromatic heterocycles. The Bertz CT molecular complexity index is 523. The van der Waals surface area contributed by atoms with Gasteiger partial charge in [-0.3, -0.25) is 4.79 Å². The van der Waals surface area contributed by atoms with E-state index >= 15 is 0 Å². The van der Waals surface area contributed by atoms with E-state index in [1.807, 2.05) is 6.92 Å². The van der Waals surface area contributed by atoms with Crippen LogP contribution in [0.4, 0.5) is 0 Å². The highest BCUT2D eigenvalue weighted by Gasteiger charge is 2.37. The van der Waals surface area contributed by atoms with Crippen molar-refractivity contribution >= 4 is 11.9 Å². The lowest BCUT2D eigenvalue weighted by Gasteiger charge is -2.37. The zero-order valence-electron chi connectivity index (χ0n) is 12.3. The zero-order valence-corrected chi connectivity index (χ0v) is 12.3. The van der Waals surface area contributed by atoms with Gasteiger partial charge in [0, 0.05) is 12.1 Å². The second kappa shape index (κ2) is 6.26. The molecule has 1 aliphatic rings. The first-order valence-corrected chi connectivity index (χ1v) is 7.29. The Balaban J connectivity index is 1.93. The van der Waals surface area contributed by atoms with Crippen molar-refractivity contribution in [2.45, 2.75) is 44.7 Å². The topological polar surface area (TPSA) is 92.4 Å². The number of hydrogen-bond acceptors (Lipinski definition) is 3. The van der Waals surface area contributed by atoms with Gasteiger partial charge in [-0.15, -0.1) is 0 Å². The van der Waals surface area contributed by atoms with Gasteiger partial charge in [-0.2, -0.15) is 0 Å². The van der Waals surface area contributed by atoms with Crippen LogP contribution in [0.15, 0.2) is 24.3 Å². The van der Waals surface area contributed by atoms with Crippen LogP contribution < -0.4 is 11.1 Å². The molecule has 2 rings (SSSR count). The largest absolute Gasteiger partial charge is 0.478 e. The van der Waals surface area contributed by atoms with E-state index in [9.17, 15) is 9.59 Å². The van der Waals surface area contributed by atoms with Crippen molar-refractivity contribution in [3.8, 4) is 0 Å². The Kier molecular flexibility index (Phi) is 4.63. The van der Waals surface area contributed by atoms with Gasteiger partial charge in [-0.05, 0) is 37.5 Å². The van der Waals surface area contributed by atoms with Gasteiger partial charge in [0.2, 0.25) is 5.91 Å². The van der Waals surface area contributed by atoms with Gasteiger partial charge < -0.3 is 16.2 Å². The monoisotopic (exact) mass is 290 g/mol. The summed E-state index contributed by atoms with van der Waals surface area (Å²) in [6.45, 7) is 2.34. The minimum absolute atomic E-state index is 0.0120. The number of carboxylic acid groups (broad SMARTS) is 1. The standard InChI is InChI=1S/C16H22N2O3/c1-16(17)9-3-2-4-13(16)14(19)18-10-11-5-7-12(8-6-11)15(20)21/h5-8,13H,2-4,9-10,17H2,1H3,(H,18,19)(H,20,21). The SMILES string of the molecule is CC1(N)CCCCC1C(=O)NCc1ccc(C(=O)O)cc1. The molecule has 1 aromatic carbocycles. The van der Waals surface area contributed by atoms with Crippen molar-refractivity contribution in [2.75, 3.05) is 0 Å². The first kappa shape index (κ1) is 15.5. The Morgan fingerprint density at radius 2 is 2.00 bits per heavy atom. The molecule has 4 N–H and O–H groups in total. The minimum atomic E-state index is -0.952. The Morgan fingerprint density at radius 3 is 2.57 bits per heavy atom. The third-order valence-electron chi connectivity index (χ3n) is 4.24. The lowest BCUT2D eigenvalue weighted by molar-refractivity contribution is -0.128. The number of nitrogens with two attached hydrogens (primary N) is 1. The normalized spacial score (nSPS) is 25.3. The molecule has 114 valence electrons. The molecule has 1 fully saturated rings. The van der Waals surface area contributed by atoms with E-state index in [1.54, 1.807) is 12.1 Å². The second-order valence-corrected chi connectivity index (χ2v) is 6.02. The molecule has 0 radical (unpaired) electrons. The number of hydrogen-bond donors (Lipinski definition) is 3. The molecule has 0 saturated heterocycles. The molecule has 5 nitrogen and oxygen atoms in total. The summed E-state index contributed by atoms with van der Waals surface area (Å²) in [5, 5.41) is 11.7. The lowest BCUT2D eigenvalue weighted by atomic mass is 9.74. The van der Waals surface area contributed by atoms with Crippen LogP contribution in [0.5, 0.6) is 0 Å². The molecule has 1 aliphatic carbocycles. The number of nitrogens with one attached hydrogen (secondary N) is 1. The molecule has 1 saturated carbocycles. The number of rotatable bonds is 4. The van der Waals surface area contributed by atoms with E-state index in [4.69, 9.17) is 10.8 Å². The van der Waals surface area contributed by atoms with Crippen molar-refractivity contribution in [3.63, 3.8) is 0 Å². The third-order valence-corrected chi connectivity index (χ3v) is 4.24. The molecular formula is C16H22N2O3. The molecule has 5 heteroatoms. The van der Waals surface area contributed by atoms with E-state index in [0.717, 1.165) is 31.2 Å². The van der Waals surface area contributed by atoms with Gasteiger partial charge >= 0.3 is 5.97 Å². The van der Waals surface area contributed by atoms with Gasteiger partial charge in [0.05, 0.1) is 11.5 Å². The summed E-state index contributed by atoms with van der Waals surface area (Å²) >= 11 is 0. The number of benzene rings is 1. The molecule has 2 unspecified atom stereocenters. The average molecular weight is 290 g/mol. The molecule has 21 heavy (non-hydrogen) atoms. The van der Waals surface area contributed by atoms with E-state index in [1.165, 1.54) is 12.1 Å². The summed E-state index contributed by atoms with van der Waals surface area (Å²) in [4.78, 5) is 23.0. The van der Waals surface area contributed by atoms with Crippen LogP contribution in [0, 0.1) is 5.92 Å². The Morgan fingerprint density at radius 1 is 1.33 bits per heavy atom. The second-order valence-electron chi connectivity index (χ2n) is 6.02. The predicted molar refractivity (Wildman–Crippen MR) is 79.8 cm³/mol. The van der Waals surface area contributed by atoms with Crippen LogP contribution in [-0.2, 0) is 11.3 Å². The molecule has 0 spiro atoms. The maximum atomic E-state index is 12.3. The van der Waals surface area contributed by atoms with Crippen LogP contribution in [0.25, 0.3) is 0 Å². The van der Waals surface area contributed by atoms with Crippen molar-refractivity contribution in [1.82, 2.24) is 5.32 Å². The summed E-state index contributed by atoms with van der Waals surface area (Å²) < 4.78 is 0. The number of carbonyl (C=O) groups is 2. The van der Waals surface area contributed by atoms with Crippen LogP contribution in [0.2, 0.25) is 0 Å². The Hall–Kier alpha value is -1.88. The maximum Gasteiger partial charge on any atom is 0.335 e. The van der Waals surface area contributed by atoms with E-state index in [0.29, 0.717) is 6.54 Å². The fourth-order valence-corrected chi connectivity index (χ4v) is 2.87. The summed E-state index contributed by atoms with van der Waals surface area (Å²) in [5.41, 5.74) is 6.90. The van der Waals surface area contributed by atoms with Crippen molar-refractivity contribution in [1.29, 1.82) is 0 Å². The molecule has 0 bridgehead atoms. The number of carbonyl (C=O) groups excluding carboxylic acids is 1. The van der Waals surface area contributed by atoms with Crippen molar-refractivity contribution in [2.24, 2.45) is 11.7 Å². The molecule has 1 amide bonds.